The number of carbonyl (C=O) groups excluding carboxylic acids is 1. The highest BCUT2D eigenvalue weighted by atomic mass is 32.1. The smallest absolute Gasteiger partial charge is 0.238 e. The number of hydrogen-bond donors (Lipinski definition) is 1. The molecule has 1 fully saturated rings. The number of piperazine rings is 1. The monoisotopic (exact) mass is 351 g/mol. The van der Waals surface area contributed by atoms with Gasteiger partial charge in [-0.25, -0.2) is 8.78 Å². The summed E-state index contributed by atoms with van der Waals surface area (Å²) in [4.78, 5) is 16.5. The Morgan fingerprint density at radius 2 is 1.83 bits per heavy atom. The Balaban J connectivity index is 1.43. The number of rotatable bonds is 5. The molecule has 4 nitrogen and oxygen atoms in total. The molecule has 0 spiro atoms. The Labute approximate surface area is 143 Å². The molecule has 3 rings (SSSR count). The minimum atomic E-state index is -0.963. The Hall–Kier alpha value is -1.83. The summed E-state index contributed by atoms with van der Waals surface area (Å²) in [5.74, 6) is -2.10. The van der Waals surface area contributed by atoms with Gasteiger partial charge < -0.3 is 5.32 Å². The molecule has 0 aliphatic carbocycles. The van der Waals surface area contributed by atoms with Crippen LogP contribution in [0.5, 0.6) is 0 Å². The van der Waals surface area contributed by atoms with Gasteiger partial charge in [-0.1, -0.05) is 0 Å². The largest absolute Gasteiger partial charge is 0.325 e. The molecule has 1 aliphatic rings. The van der Waals surface area contributed by atoms with Gasteiger partial charge in [0.1, 0.15) is 0 Å². The number of benzene rings is 1. The molecule has 1 aliphatic heterocycles. The third-order valence-electron chi connectivity index (χ3n) is 4.02. The van der Waals surface area contributed by atoms with E-state index in [0.717, 1.165) is 44.9 Å². The minimum Gasteiger partial charge on any atom is -0.325 e. The number of thiophene rings is 1. The second-order valence-electron chi connectivity index (χ2n) is 5.86. The standard InChI is InChI=1S/C17H19F2N3OS/c18-15-2-1-14(9-16(15)19)20-17(23)11-22-6-4-21(5-7-22)10-13-3-8-24-12-13/h1-3,8-9,12H,4-7,10-11H2,(H,20,23). The summed E-state index contributed by atoms with van der Waals surface area (Å²) < 4.78 is 26.0. The highest BCUT2D eigenvalue weighted by Crippen LogP contribution is 2.14. The first-order valence-electron chi connectivity index (χ1n) is 7.81. The summed E-state index contributed by atoms with van der Waals surface area (Å²) in [5, 5.41) is 6.84. The fourth-order valence-electron chi connectivity index (χ4n) is 2.72. The van der Waals surface area contributed by atoms with E-state index in [4.69, 9.17) is 0 Å². The summed E-state index contributed by atoms with van der Waals surface area (Å²) >= 11 is 1.70. The molecule has 24 heavy (non-hydrogen) atoms. The molecule has 0 unspecified atom stereocenters. The molecule has 7 heteroatoms. The maximum absolute atomic E-state index is 13.1. The van der Waals surface area contributed by atoms with E-state index in [2.05, 4.69) is 31.9 Å². The van der Waals surface area contributed by atoms with E-state index in [1.54, 1.807) is 11.3 Å². The topological polar surface area (TPSA) is 35.6 Å². The molecule has 1 N–H and O–H groups in total. The zero-order chi connectivity index (χ0) is 16.9. The van der Waals surface area contributed by atoms with Crippen molar-refractivity contribution in [2.45, 2.75) is 6.54 Å². The van der Waals surface area contributed by atoms with Crippen LogP contribution in [0.15, 0.2) is 35.0 Å². The molecule has 0 bridgehead atoms. The Morgan fingerprint density at radius 1 is 1.08 bits per heavy atom. The van der Waals surface area contributed by atoms with E-state index in [1.165, 1.54) is 11.6 Å². The van der Waals surface area contributed by atoms with E-state index in [9.17, 15) is 13.6 Å². The highest BCUT2D eigenvalue weighted by molar-refractivity contribution is 7.07. The predicted molar refractivity (Wildman–Crippen MR) is 91.0 cm³/mol. The number of amides is 1. The summed E-state index contributed by atoms with van der Waals surface area (Å²) in [6.07, 6.45) is 0. The second kappa shape index (κ2) is 7.83. The first kappa shape index (κ1) is 17.0. The number of hydrogen-bond acceptors (Lipinski definition) is 4. The van der Waals surface area contributed by atoms with Crippen LogP contribution in [0.4, 0.5) is 14.5 Å². The molecule has 0 saturated carbocycles. The van der Waals surface area contributed by atoms with Crippen LogP contribution in [0.3, 0.4) is 0 Å². The lowest BCUT2D eigenvalue weighted by Crippen LogP contribution is -2.48. The van der Waals surface area contributed by atoms with Crippen LogP contribution in [0, 0.1) is 11.6 Å². The average molecular weight is 351 g/mol. The van der Waals surface area contributed by atoms with E-state index >= 15 is 0 Å². The third-order valence-corrected chi connectivity index (χ3v) is 4.75. The third kappa shape index (κ3) is 4.59. The van der Waals surface area contributed by atoms with Gasteiger partial charge in [0.25, 0.3) is 0 Å². The molecular formula is C17H19F2N3OS. The van der Waals surface area contributed by atoms with Crippen molar-refractivity contribution in [2.75, 3.05) is 38.0 Å². The van der Waals surface area contributed by atoms with Crippen LogP contribution in [-0.4, -0.2) is 48.4 Å². The normalized spacial score (nSPS) is 16.2. The van der Waals surface area contributed by atoms with E-state index in [0.29, 0.717) is 0 Å². The summed E-state index contributed by atoms with van der Waals surface area (Å²) in [6.45, 7) is 4.65. The predicted octanol–water partition coefficient (Wildman–Crippen LogP) is 2.78. The van der Waals surface area contributed by atoms with Crippen LogP contribution >= 0.6 is 11.3 Å². The highest BCUT2D eigenvalue weighted by Gasteiger charge is 2.19. The number of anilines is 1. The quantitative estimate of drug-likeness (QED) is 0.900. The summed E-state index contributed by atoms with van der Waals surface area (Å²) in [7, 11) is 0. The van der Waals surface area contributed by atoms with Crippen molar-refractivity contribution in [1.82, 2.24) is 9.80 Å². The lowest BCUT2D eigenvalue weighted by atomic mass is 10.2. The van der Waals surface area contributed by atoms with Crippen molar-refractivity contribution < 1.29 is 13.6 Å². The first-order valence-corrected chi connectivity index (χ1v) is 8.75. The fraction of sp³-hybridized carbons (Fsp3) is 0.353. The molecule has 2 aromatic rings. The van der Waals surface area contributed by atoms with Crippen molar-refractivity contribution in [3.8, 4) is 0 Å². The minimum absolute atomic E-state index is 0.215. The van der Waals surface area contributed by atoms with Crippen molar-refractivity contribution in [2.24, 2.45) is 0 Å². The molecule has 2 heterocycles. The Bertz CT molecular complexity index is 685. The maximum Gasteiger partial charge on any atom is 0.238 e. The molecule has 1 aromatic heterocycles. The van der Waals surface area contributed by atoms with Gasteiger partial charge in [0, 0.05) is 44.5 Å². The van der Waals surface area contributed by atoms with Gasteiger partial charge in [-0.2, -0.15) is 11.3 Å². The van der Waals surface area contributed by atoms with Gasteiger partial charge in [-0.3, -0.25) is 14.6 Å². The van der Waals surface area contributed by atoms with Gasteiger partial charge in [-0.15, -0.1) is 0 Å². The molecule has 1 amide bonds. The van der Waals surface area contributed by atoms with Crippen LogP contribution in [0.1, 0.15) is 5.56 Å². The van der Waals surface area contributed by atoms with Crippen molar-refractivity contribution >= 4 is 22.9 Å². The van der Waals surface area contributed by atoms with Crippen LogP contribution in [0.2, 0.25) is 0 Å². The lowest BCUT2D eigenvalue weighted by molar-refractivity contribution is -0.117. The first-order chi connectivity index (χ1) is 11.6. The van der Waals surface area contributed by atoms with E-state index in [1.807, 2.05) is 0 Å². The second-order valence-corrected chi connectivity index (χ2v) is 6.64. The van der Waals surface area contributed by atoms with Gasteiger partial charge >= 0.3 is 0 Å². The number of nitrogens with one attached hydrogen (secondary N) is 1. The SMILES string of the molecule is O=C(CN1CCN(Cc2ccsc2)CC1)Nc1ccc(F)c(F)c1. The zero-order valence-electron chi connectivity index (χ0n) is 13.2. The van der Waals surface area contributed by atoms with Gasteiger partial charge in [0.2, 0.25) is 5.91 Å². The van der Waals surface area contributed by atoms with Crippen LogP contribution in [-0.2, 0) is 11.3 Å². The van der Waals surface area contributed by atoms with Crippen molar-refractivity contribution in [3.63, 3.8) is 0 Å². The average Bonchev–Trinajstić information content (AvgIpc) is 3.06. The van der Waals surface area contributed by atoms with Crippen LogP contribution in [0.25, 0.3) is 0 Å². The summed E-state index contributed by atoms with van der Waals surface area (Å²) in [5.41, 5.74) is 1.60. The maximum atomic E-state index is 13.1. The van der Waals surface area contributed by atoms with Gasteiger partial charge in [-0.05, 0) is 34.5 Å². The van der Waals surface area contributed by atoms with Crippen LogP contribution < -0.4 is 5.32 Å². The Kier molecular flexibility index (Phi) is 5.55. The molecule has 0 atom stereocenters. The van der Waals surface area contributed by atoms with Gasteiger partial charge in [0.15, 0.2) is 11.6 Å². The zero-order valence-corrected chi connectivity index (χ0v) is 14.0. The molecule has 1 saturated heterocycles. The summed E-state index contributed by atoms with van der Waals surface area (Å²) in [6, 6.07) is 5.49. The Morgan fingerprint density at radius 3 is 2.50 bits per heavy atom. The molecule has 1 aromatic carbocycles. The number of carbonyl (C=O) groups is 1. The van der Waals surface area contributed by atoms with E-state index in [-0.39, 0.29) is 18.1 Å². The van der Waals surface area contributed by atoms with Crippen molar-refractivity contribution in [3.05, 3.63) is 52.2 Å². The molecule has 0 radical (unpaired) electrons. The van der Waals surface area contributed by atoms with Gasteiger partial charge in [0.05, 0.1) is 6.54 Å². The molecular weight excluding hydrogens is 332 g/mol. The lowest BCUT2D eigenvalue weighted by Gasteiger charge is -2.34. The molecule has 128 valence electrons. The number of halogens is 2. The van der Waals surface area contributed by atoms with E-state index < -0.39 is 11.6 Å². The number of nitrogens with zero attached hydrogens (tertiary/aromatic N) is 2. The van der Waals surface area contributed by atoms with Crippen molar-refractivity contribution in [1.29, 1.82) is 0 Å². The fourth-order valence-corrected chi connectivity index (χ4v) is 3.38.